The molecule has 1 saturated heterocycles. The Hall–Kier alpha value is -4.58. The molecule has 1 fully saturated rings. The summed E-state index contributed by atoms with van der Waals surface area (Å²) in [6.07, 6.45) is 1.42. The fourth-order valence-electron chi connectivity index (χ4n) is 5.29. The monoisotopic (exact) mass is 792 g/mol. The fourth-order valence-corrected chi connectivity index (χ4v) is 6.54. The highest BCUT2D eigenvalue weighted by Crippen LogP contribution is 2.36. The highest BCUT2D eigenvalue weighted by molar-refractivity contribution is 14.1. The minimum Gasteiger partial charge on any atom is -0.493 e. The number of fused-ring (bicyclic) bond motifs is 1. The second-order valence-corrected chi connectivity index (χ2v) is 12.9. The first kappa shape index (κ1) is 33.3. The Kier molecular flexibility index (Phi) is 9.91. The van der Waals surface area contributed by atoms with E-state index in [0.29, 0.717) is 43.0 Å². The van der Waals surface area contributed by atoms with E-state index in [0.717, 1.165) is 32.4 Å². The van der Waals surface area contributed by atoms with Crippen molar-refractivity contribution in [2.24, 2.45) is 0 Å². The average Bonchev–Trinajstić information content (AvgIpc) is 3.06. The zero-order valence-corrected chi connectivity index (χ0v) is 29.4. The van der Waals surface area contributed by atoms with Crippen molar-refractivity contribution in [1.29, 1.82) is 0 Å². The van der Waals surface area contributed by atoms with Crippen LogP contribution in [-0.2, 0) is 22.8 Å². The van der Waals surface area contributed by atoms with Crippen LogP contribution in [0.1, 0.15) is 22.3 Å². The third-order valence-electron chi connectivity index (χ3n) is 7.80. The molecular formula is C37H27Cl2IN2O6. The number of methoxy groups -OCH3 is 1. The molecule has 4 amide bonds. The van der Waals surface area contributed by atoms with Gasteiger partial charge in [0.15, 0.2) is 11.5 Å². The topological polar surface area (TPSA) is 94.2 Å². The number of amides is 4. The predicted molar refractivity (Wildman–Crippen MR) is 195 cm³/mol. The van der Waals surface area contributed by atoms with Crippen LogP contribution in [0.25, 0.3) is 16.8 Å². The summed E-state index contributed by atoms with van der Waals surface area (Å²) in [6.45, 7) is 2.55. The molecule has 242 valence electrons. The van der Waals surface area contributed by atoms with Crippen LogP contribution in [0, 0.1) is 10.5 Å². The lowest BCUT2D eigenvalue weighted by molar-refractivity contribution is -0.122. The van der Waals surface area contributed by atoms with Crippen LogP contribution in [0.2, 0.25) is 10.0 Å². The van der Waals surface area contributed by atoms with E-state index in [9.17, 15) is 14.4 Å². The van der Waals surface area contributed by atoms with E-state index >= 15 is 0 Å². The molecule has 8 nitrogen and oxygen atoms in total. The SMILES string of the molecule is COc1cc(/C=C2\C(=O)NC(=O)N(c3ccc(OCc4ccc(Cl)cc4Cl)cc3)C2=O)cc(I)c1OCc1c(C)ccc2ccccc12. The van der Waals surface area contributed by atoms with Gasteiger partial charge in [-0.2, -0.15) is 0 Å². The molecule has 0 aliphatic carbocycles. The number of carbonyl (C=O) groups excluding carboxylic acids is 3. The van der Waals surface area contributed by atoms with Gasteiger partial charge >= 0.3 is 6.03 Å². The van der Waals surface area contributed by atoms with Crippen LogP contribution in [0.5, 0.6) is 17.2 Å². The molecule has 0 bridgehead atoms. The maximum atomic E-state index is 13.6. The summed E-state index contributed by atoms with van der Waals surface area (Å²) in [7, 11) is 1.52. The quantitative estimate of drug-likeness (QED) is 0.0911. The molecule has 1 N–H and O–H groups in total. The standard InChI is InChI=1S/C37H27Cl2IN2O6/c1-21-7-8-23-5-3-4-6-28(23)30(21)20-48-34-32(40)16-22(17-33(34)46-2)15-29-35(43)41-37(45)42(36(29)44)26-11-13-27(14-12-26)47-19-24-9-10-25(38)18-31(24)39/h3-18H,19-20H2,1-2H3,(H,41,43,45)/b29-15+. The van der Waals surface area contributed by atoms with Crippen molar-refractivity contribution in [2.45, 2.75) is 20.1 Å². The van der Waals surface area contributed by atoms with E-state index in [-0.39, 0.29) is 17.9 Å². The van der Waals surface area contributed by atoms with Crippen LogP contribution < -0.4 is 24.4 Å². The van der Waals surface area contributed by atoms with Gasteiger partial charge in [-0.3, -0.25) is 14.9 Å². The van der Waals surface area contributed by atoms with Gasteiger partial charge in [-0.05, 0) is 106 Å². The number of hydrogen-bond acceptors (Lipinski definition) is 6. The zero-order valence-electron chi connectivity index (χ0n) is 25.7. The number of rotatable bonds is 9. The maximum absolute atomic E-state index is 13.6. The van der Waals surface area contributed by atoms with E-state index in [4.69, 9.17) is 37.4 Å². The van der Waals surface area contributed by atoms with Gasteiger partial charge in [0.1, 0.15) is 24.5 Å². The van der Waals surface area contributed by atoms with Crippen LogP contribution in [0.3, 0.4) is 0 Å². The normalized spacial score (nSPS) is 14.0. The molecule has 0 spiro atoms. The smallest absolute Gasteiger partial charge is 0.335 e. The minimum absolute atomic E-state index is 0.189. The van der Waals surface area contributed by atoms with Crippen LogP contribution >= 0.6 is 45.8 Å². The zero-order chi connectivity index (χ0) is 33.9. The Labute approximate surface area is 300 Å². The van der Waals surface area contributed by atoms with Gasteiger partial charge in [0.2, 0.25) is 0 Å². The second-order valence-electron chi connectivity index (χ2n) is 10.9. The Morgan fingerprint density at radius 2 is 1.65 bits per heavy atom. The van der Waals surface area contributed by atoms with Gasteiger partial charge in [0.25, 0.3) is 11.8 Å². The summed E-state index contributed by atoms with van der Waals surface area (Å²) >= 11 is 14.3. The number of barbiturate groups is 1. The first-order chi connectivity index (χ1) is 23.1. The van der Waals surface area contributed by atoms with Crippen molar-refractivity contribution in [3.63, 3.8) is 0 Å². The Morgan fingerprint density at radius 3 is 2.40 bits per heavy atom. The number of urea groups is 1. The minimum atomic E-state index is -0.858. The molecule has 0 unspecified atom stereocenters. The fraction of sp³-hybridized carbons (Fsp3) is 0.108. The maximum Gasteiger partial charge on any atom is 0.335 e. The number of imide groups is 2. The average molecular weight is 793 g/mol. The molecule has 0 atom stereocenters. The van der Waals surface area contributed by atoms with Crippen molar-refractivity contribution in [3.8, 4) is 17.2 Å². The highest BCUT2D eigenvalue weighted by atomic mass is 127. The third kappa shape index (κ3) is 6.99. The molecule has 5 aromatic carbocycles. The first-order valence-corrected chi connectivity index (χ1v) is 16.5. The van der Waals surface area contributed by atoms with Gasteiger partial charge in [-0.15, -0.1) is 0 Å². The highest BCUT2D eigenvalue weighted by Gasteiger charge is 2.37. The lowest BCUT2D eigenvalue weighted by Crippen LogP contribution is -2.54. The molecule has 6 rings (SSSR count). The molecule has 0 saturated carbocycles. The molecule has 1 aliphatic heterocycles. The largest absolute Gasteiger partial charge is 0.493 e. The van der Waals surface area contributed by atoms with Gasteiger partial charge in [-0.25, -0.2) is 9.69 Å². The van der Waals surface area contributed by atoms with Crippen molar-refractivity contribution in [2.75, 3.05) is 12.0 Å². The molecule has 0 radical (unpaired) electrons. The molecule has 48 heavy (non-hydrogen) atoms. The second kappa shape index (κ2) is 14.3. The molecule has 1 heterocycles. The molecule has 5 aromatic rings. The summed E-state index contributed by atoms with van der Waals surface area (Å²) < 4.78 is 18.5. The number of aryl methyl sites for hydroxylation is 1. The van der Waals surface area contributed by atoms with E-state index in [1.54, 1.807) is 54.6 Å². The number of benzene rings is 5. The Bertz CT molecular complexity index is 2120. The summed E-state index contributed by atoms with van der Waals surface area (Å²) in [5.74, 6) is -0.128. The lowest BCUT2D eigenvalue weighted by atomic mass is 10.0. The summed E-state index contributed by atoms with van der Waals surface area (Å²) in [4.78, 5) is 40.2. The Morgan fingerprint density at radius 1 is 0.875 bits per heavy atom. The summed E-state index contributed by atoms with van der Waals surface area (Å²) in [6, 6.07) is 26.4. The number of nitrogens with one attached hydrogen (secondary N) is 1. The van der Waals surface area contributed by atoms with Gasteiger partial charge in [-0.1, -0.05) is 65.7 Å². The number of hydrogen-bond donors (Lipinski definition) is 1. The Balaban J connectivity index is 1.21. The van der Waals surface area contributed by atoms with Crippen molar-refractivity contribution in [1.82, 2.24) is 5.32 Å². The van der Waals surface area contributed by atoms with Crippen molar-refractivity contribution < 1.29 is 28.6 Å². The van der Waals surface area contributed by atoms with Crippen LogP contribution in [-0.4, -0.2) is 25.0 Å². The number of anilines is 1. The van der Waals surface area contributed by atoms with Crippen LogP contribution in [0.15, 0.2) is 96.6 Å². The third-order valence-corrected chi connectivity index (χ3v) is 9.19. The molecule has 11 heteroatoms. The van der Waals surface area contributed by atoms with E-state index in [1.165, 1.54) is 13.2 Å². The van der Waals surface area contributed by atoms with E-state index in [2.05, 4.69) is 52.2 Å². The van der Waals surface area contributed by atoms with Gasteiger partial charge in [0, 0.05) is 21.2 Å². The number of halogens is 3. The summed E-state index contributed by atoms with van der Waals surface area (Å²) in [5.41, 5.74) is 3.47. The number of ether oxygens (including phenoxy) is 3. The summed E-state index contributed by atoms with van der Waals surface area (Å²) in [5, 5.41) is 5.49. The molecular weight excluding hydrogens is 766 g/mol. The van der Waals surface area contributed by atoms with Crippen molar-refractivity contribution in [3.05, 3.63) is 132 Å². The molecule has 1 aliphatic rings. The number of carbonyl (C=O) groups is 3. The number of nitrogens with zero attached hydrogens (tertiary/aromatic N) is 1. The van der Waals surface area contributed by atoms with E-state index in [1.807, 2.05) is 19.1 Å². The first-order valence-electron chi connectivity index (χ1n) is 14.7. The van der Waals surface area contributed by atoms with Gasteiger partial charge < -0.3 is 14.2 Å². The van der Waals surface area contributed by atoms with Crippen LogP contribution in [0.4, 0.5) is 10.5 Å². The van der Waals surface area contributed by atoms with Gasteiger partial charge in [0.05, 0.1) is 16.4 Å². The lowest BCUT2D eigenvalue weighted by Gasteiger charge is -2.26. The van der Waals surface area contributed by atoms with Crippen molar-refractivity contribution >= 4 is 86.2 Å². The van der Waals surface area contributed by atoms with E-state index < -0.39 is 17.8 Å². The molecule has 0 aromatic heterocycles. The predicted octanol–water partition coefficient (Wildman–Crippen LogP) is 8.89.